The zero-order valence-corrected chi connectivity index (χ0v) is 14.2. The number of nitrogens with zero attached hydrogens (tertiary/aromatic N) is 1. The van der Waals surface area contributed by atoms with Crippen molar-refractivity contribution in [3.8, 4) is 16.3 Å². The van der Waals surface area contributed by atoms with Gasteiger partial charge in [-0.1, -0.05) is 18.2 Å². The Bertz CT molecular complexity index is 782. The Morgan fingerprint density at radius 2 is 2.13 bits per heavy atom. The first-order valence-electron chi connectivity index (χ1n) is 7.25. The van der Waals surface area contributed by atoms with Crippen molar-refractivity contribution in [2.45, 2.75) is 13.5 Å². The predicted octanol–water partition coefficient (Wildman–Crippen LogP) is 4.20. The molecule has 0 aliphatic heterocycles. The summed E-state index contributed by atoms with van der Waals surface area (Å²) in [5.74, 6) is 0.626. The molecule has 6 heteroatoms. The number of aromatic nitrogens is 1. The molecule has 0 aliphatic rings. The molecule has 0 radical (unpaired) electrons. The van der Waals surface area contributed by atoms with Crippen molar-refractivity contribution < 1.29 is 9.53 Å². The molecule has 118 valence electrons. The van der Waals surface area contributed by atoms with Crippen molar-refractivity contribution in [1.82, 2.24) is 10.3 Å². The van der Waals surface area contributed by atoms with E-state index in [-0.39, 0.29) is 5.91 Å². The van der Waals surface area contributed by atoms with Crippen molar-refractivity contribution in [1.29, 1.82) is 0 Å². The molecule has 0 fully saturated rings. The van der Waals surface area contributed by atoms with Gasteiger partial charge >= 0.3 is 0 Å². The maximum Gasteiger partial charge on any atom is 0.271 e. The highest BCUT2D eigenvalue weighted by molar-refractivity contribution is 7.14. The number of benzene rings is 1. The van der Waals surface area contributed by atoms with Crippen molar-refractivity contribution in [2.75, 3.05) is 6.61 Å². The van der Waals surface area contributed by atoms with Crippen LogP contribution in [0.1, 0.15) is 23.0 Å². The van der Waals surface area contributed by atoms with Crippen molar-refractivity contribution >= 4 is 28.6 Å². The third-order valence-electron chi connectivity index (χ3n) is 3.22. The topological polar surface area (TPSA) is 51.2 Å². The second-order valence-corrected chi connectivity index (χ2v) is 6.41. The molecule has 0 atom stereocenters. The standard InChI is InChI=1S/C17H16N2O2S2/c1-2-21-15-6-4-3-5-12(15)9-18-16(20)14-11-23-17(19-14)13-7-8-22-10-13/h3-8,10-11H,2,9H2,1H3,(H,18,20). The van der Waals surface area contributed by atoms with E-state index in [1.54, 1.807) is 16.7 Å². The van der Waals surface area contributed by atoms with Crippen LogP contribution in [0.5, 0.6) is 5.75 Å². The number of thiazole rings is 1. The summed E-state index contributed by atoms with van der Waals surface area (Å²) in [5, 5.41) is 9.58. The van der Waals surface area contributed by atoms with Gasteiger partial charge < -0.3 is 10.1 Å². The lowest BCUT2D eigenvalue weighted by molar-refractivity contribution is 0.0946. The van der Waals surface area contributed by atoms with E-state index in [2.05, 4.69) is 10.3 Å². The van der Waals surface area contributed by atoms with Gasteiger partial charge in [0, 0.05) is 28.4 Å². The Morgan fingerprint density at radius 3 is 2.91 bits per heavy atom. The predicted molar refractivity (Wildman–Crippen MR) is 94.2 cm³/mol. The highest BCUT2D eigenvalue weighted by Gasteiger charge is 2.12. The second-order valence-electron chi connectivity index (χ2n) is 4.77. The summed E-state index contributed by atoms with van der Waals surface area (Å²) >= 11 is 3.10. The molecule has 0 aliphatic carbocycles. The zero-order valence-electron chi connectivity index (χ0n) is 12.6. The minimum atomic E-state index is -0.172. The van der Waals surface area contributed by atoms with Gasteiger partial charge in [0.1, 0.15) is 16.5 Å². The monoisotopic (exact) mass is 344 g/mol. The Kier molecular flexibility index (Phi) is 5.05. The second kappa shape index (κ2) is 7.39. The van der Waals surface area contributed by atoms with Crippen LogP contribution in [-0.2, 0) is 6.54 Å². The number of nitrogens with one attached hydrogen (secondary N) is 1. The summed E-state index contributed by atoms with van der Waals surface area (Å²) in [6.45, 7) is 2.96. The Balaban J connectivity index is 1.66. The lowest BCUT2D eigenvalue weighted by atomic mass is 10.2. The lowest BCUT2D eigenvalue weighted by Crippen LogP contribution is -2.23. The van der Waals surface area contributed by atoms with Gasteiger partial charge in [0.25, 0.3) is 5.91 Å². The van der Waals surface area contributed by atoms with Gasteiger partial charge in [0.05, 0.1) is 6.61 Å². The molecule has 2 aromatic heterocycles. The number of thiophene rings is 1. The fourth-order valence-electron chi connectivity index (χ4n) is 2.11. The fourth-order valence-corrected chi connectivity index (χ4v) is 3.62. The van der Waals surface area contributed by atoms with Gasteiger partial charge in [-0.15, -0.1) is 11.3 Å². The molecule has 0 saturated carbocycles. The highest BCUT2D eigenvalue weighted by Crippen LogP contribution is 2.25. The zero-order chi connectivity index (χ0) is 16.1. The van der Waals surface area contributed by atoms with E-state index < -0.39 is 0 Å². The summed E-state index contributed by atoms with van der Waals surface area (Å²) in [4.78, 5) is 16.7. The van der Waals surface area contributed by atoms with Crippen LogP contribution in [-0.4, -0.2) is 17.5 Å². The van der Waals surface area contributed by atoms with Gasteiger partial charge in [0.2, 0.25) is 0 Å². The van der Waals surface area contributed by atoms with E-state index in [4.69, 9.17) is 4.74 Å². The molecule has 1 N–H and O–H groups in total. The van der Waals surface area contributed by atoms with Gasteiger partial charge in [0.15, 0.2) is 0 Å². The van der Waals surface area contributed by atoms with Crippen molar-refractivity contribution in [3.63, 3.8) is 0 Å². The molecule has 1 amide bonds. The normalized spacial score (nSPS) is 10.5. The molecule has 3 aromatic rings. The largest absolute Gasteiger partial charge is 0.494 e. The molecule has 2 heterocycles. The first-order chi connectivity index (χ1) is 11.3. The Labute approximate surface area is 142 Å². The third kappa shape index (κ3) is 3.78. The van der Waals surface area contributed by atoms with Crippen molar-refractivity contribution in [2.24, 2.45) is 0 Å². The van der Waals surface area contributed by atoms with Gasteiger partial charge in [-0.05, 0) is 24.4 Å². The summed E-state index contributed by atoms with van der Waals surface area (Å²) in [6, 6.07) is 9.71. The number of rotatable bonds is 6. The van der Waals surface area contributed by atoms with E-state index in [0.29, 0.717) is 18.8 Å². The van der Waals surface area contributed by atoms with Gasteiger partial charge in [-0.2, -0.15) is 11.3 Å². The van der Waals surface area contributed by atoms with E-state index in [0.717, 1.165) is 21.9 Å². The first kappa shape index (κ1) is 15.7. The molecule has 0 saturated heterocycles. The maximum atomic E-state index is 12.3. The number of hydrogen-bond donors (Lipinski definition) is 1. The number of para-hydroxylation sites is 1. The minimum Gasteiger partial charge on any atom is -0.494 e. The van der Waals surface area contributed by atoms with E-state index in [1.165, 1.54) is 11.3 Å². The molecule has 0 bridgehead atoms. The van der Waals surface area contributed by atoms with Gasteiger partial charge in [-0.3, -0.25) is 4.79 Å². The number of carbonyl (C=O) groups is 1. The summed E-state index contributed by atoms with van der Waals surface area (Å²) in [5.41, 5.74) is 2.46. The third-order valence-corrected chi connectivity index (χ3v) is 4.79. The maximum absolute atomic E-state index is 12.3. The average molecular weight is 344 g/mol. The molecule has 1 aromatic carbocycles. The molecule has 23 heavy (non-hydrogen) atoms. The number of carbonyl (C=O) groups excluding carboxylic acids is 1. The van der Waals surface area contributed by atoms with Crippen LogP contribution >= 0.6 is 22.7 Å². The van der Waals surface area contributed by atoms with Crippen LogP contribution in [0.3, 0.4) is 0 Å². The van der Waals surface area contributed by atoms with Crippen LogP contribution in [0.15, 0.2) is 46.5 Å². The van der Waals surface area contributed by atoms with Crippen LogP contribution in [0.25, 0.3) is 10.6 Å². The number of ether oxygens (including phenoxy) is 1. The first-order valence-corrected chi connectivity index (χ1v) is 9.07. The summed E-state index contributed by atoms with van der Waals surface area (Å²) < 4.78 is 5.56. The fraction of sp³-hybridized carbons (Fsp3) is 0.176. The Hall–Kier alpha value is -2.18. The van der Waals surface area contributed by atoms with Crippen molar-refractivity contribution in [3.05, 3.63) is 57.7 Å². The number of amides is 1. The molecule has 0 spiro atoms. The van der Waals surface area contributed by atoms with E-state index in [9.17, 15) is 4.79 Å². The summed E-state index contributed by atoms with van der Waals surface area (Å²) in [7, 11) is 0. The average Bonchev–Trinajstić information content (AvgIpc) is 3.25. The minimum absolute atomic E-state index is 0.172. The molecule has 4 nitrogen and oxygen atoms in total. The molecular weight excluding hydrogens is 328 g/mol. The molecule has 0 unspecified atom stereocenters. The quantitative estimate of drug-likeness (QED) is 0.729. The smallest absolute Gasteiger partial charge is 0.271 e. The van der Waals surface area contributed by atoms with Crippen LogP contribution < -0.4 is 10.1 Å². The van der Waals surface area contributed by atoms with E-state index in [1.807, 2.05) is 48.0 Å². The molecular formula is C17H16N2O2S2. The van der Waals surface area contributed by atoms with Crippen LogP contribution in [0.2, 0.25) is 0 Å². The Morgan fingerprint density at radius 1 is 1.26 bits per heavy atom. The van der Waals surface area contributed by atoms with Crippen LogP contribution in [0, 0.1) is 0 Å². The van der Waals surface area contributed by atoms with Crippen LogP contribution in [0.4, 0.5) is 0 Å². The summed E-state index contributed by atoms with van der Waals surface area (Å²) in [6.07, 6.45) is 0. The number of hydrogen-bond acceptors (Lipinski definition) is 5. The highest BCUT2D eigenvalue weighted by atomic mass is 32.1. The van der Waals surface area contributed by atoms with Gasteiger partial charge in [-0.25, -0.2) is 4.98 Å². The lowest BCUT2D eigenvalue weighted by Gasteiger charge is -2.10. The van der Waals surface area contributed by atoms with E-state index >= 15 is 0 Å². The SMILES string of the molecule is CCOc1ccccc1CNC(=O)c1csc(-c2ccsc2)n1. The molecule has 3 rings (SSSR count).